The fourth-order valence-corrected chi connectivity index (χ4v) is 1.84. The highest BCUT2D eigenvalue weighted by Crippen LogP contribution is 2.04. The van der Waals surface area contributed by atoms with E-state index in [4.69, 9.17) is 10.5 Å². The summed E-state index contributed by atoms with van der Waals surface area (Å²) in [7, 11) is 1.65. The van der Waals surface area contributed by atoms with Crippen molar-refractivity contribution in [1.29, 1.82) is 0 Å². The Morgan fingerprint density at radius 1 is 1.37 bits per heavy atom. The van der Waals surface area contributed by atoms with Gasteiger partial charge in [-0.1, -0.05) is 30.3 Å². The molecule has 0 aliphatic carbocycles. The summed E-state index contributed by atoms with van der Waals surface area (Å²) in [6.45, 7) is 2.40. The number of ether oxygens (including phenoxy) is 1. The Bertz CT molecular complexity index is 368. The molecule has 1 rings (SSSR count). The lowest BCUT2D eigenvalue weighted by Crippen LogP contribution is -2.41. The van der Waals surface area contributed by atoms with Gasteiger partial charge < -0.3 is 15.8 Å². The number of hydrogen-bond donors (Lipinski definition) is 2. The molecule has 4 heteroatoms. The van der Waals surface area contributed by atoms with Crippen LogP contribution in [0.5, 0.6) is 0 Å². The number of rotatable bonds is 8. The van der Waals surface area contributed by atoms with Crippen LogP contribution in [-0.4, -0.2) is 31.7 Å². The van der Waals surface area contributed by atoms with Crippen LogP contribution in [0.4, 0.5) is 0 Å². The normalized spacial score (nSPS) is 13.8. The van der Waals surface area contributed by atoms with Crippen LogP contribution in [0.15, 0.2) is 30.3 Å². The summed E-state index contributed by atoms with van der Waals surface area (Å²) in [4.78, 5) is 11.8. The molecule has 2 atom stereocenters. The van der Waals surface area contributed by atoms with Gasteiger partial charge in [-0.15, -0.1) is 0 Å². The maximum absolute atomic E-state index is 11.8. The molecule has 3 N–H and O–H groups in total. The third kappa shape index (κ3) is 6.36. The summed E-state index contributed by atoms with van der Waals surface area (Å²) >= 11 is 0. The van der Waals surface area contributed by atoms with Crippen molar-refractivity contribution in [3.63, 3.8) is 0 Å². The van der Waals surface area contributed by atoms with Gasteiger partial charge in [0.25, 0.3) is 0 Å². The second kappa shape index (κ2) is 8.67. The number of nitrogens with two attached hydrogens (primary N) is 1. The van der Waals surface area contributed by atoms with Gasteiger partial charge in [-0.25, -0.2) is 0 Å². The van der Waals surface area contributed by atoms with Crippen LogP contribution >= 0.6 is 0 Å². The van der Waals surface area contributed by atoms with Crippen LogP contribution in [0.25, 0.3) is 0 Å². The Balaban J connectivity index is 2.37. The first-order chi connectivity index (χ1) is 9.15. The van der Waals surface area contributed by atoms with Gasteiger partial charge in [-0.2, -0.15) is 0 Å². The number of nitrogens with one attached hydrogen (secondary N) is 1. The monoisotopic (exact) mass is 264 g/mol. The molecule has 0 spiro atoms. The van der Waals surface area contributed by atoms with Crippen molar-refractivity contribution in [2.45, 2.75) is 38.3 Å². The predicted molar refractivity (Wildman–Crippen MR) is 76.8 cm³/mol. The first-order valence-corrected chi connectivity index (χ1v) is 6.71. The van der Waals surface area contributed by atoms with E-state index in [-0.39, 0.29) is 18.1 Å². The van der Waals surface area contributed by atoms with Gasteiger partial charge >= 0.3 is 0 Å². The van der Waals surface area contributed by atoms with E-state index in [2.05, 4.69) is 5.32 Å². The van der Waals surface area contributed by atoms with Crippen molar-refractivity contribution in [2.24, 2.45) is 5.73 Å². The fourth-order valence-electron chi connectivity index (χ4n) is 1.84. The summed E-state index contributed by atoms with van der Waals surface area (Å²) in [6.07, 6.45) is 2.07. The summed E-state index contributed by atoms with van der Waals surface area (Å²) in [5, 5.41) is 2.98. The van der Waals surface area contributed by atoms with Crippen LogP contribution in [0.2, 0.25) is 0 Å². The number of benzene rings is 1. The zero-order valence-corrected chi connectivity index (χ0v) is 11.8. The van der Waals surface area contributed by atoms with Crippen molar-refractivity contribution in [1.82, 2.24) is 5.32 Å². The Morgan fingerprint density at radius 2 is 2.05 bits per heavy atom. The smallest absolute Gasteiger partial charge is 0.220 e. The molecule has 0 aromatic heterocycles. The van der Waals surface area contributed by atoms with Crippen molar-refractivity contribution in [3.8, 4) is 0 Å². The van der Waals surface area contributed by atoms with E-state index in [0.717, 1.165) is 12.8 Å². The Morgan fingerprint density at radius 3 is 2.63 bits per heavy atom. The van der Waals surface area contributed by atoms with E-state index in [9.17, 15) is 4.79 Å². The summed E-state index contributed by atoms with van der Waals surface area (Å²) < 4.78 is 5.12. The minimum atomic E-state index is -0.00671. The molecule has 106 valence electrons. The van der Waals surface area contributed by atoms with E-state index < -0.39 is 0 Å². The average molecular weight is 264 g/mol. The SMILES string of the molecule is COC(C)CCC(=O)NC(CN)Cc1ccccc1. The van der Waals surface area contributed by atoms with Gasteiger partial charge in [-0.05, 0) is 25.3 Å². The Hall–Kier alpha value is -1.39. The van der Waals surface area contributed by atoms with Gasteiger partial charge in [0.1, 0.15) is 0 Å². The lowest BCUT2D eigenvalue weighted by molar-refractivity contribution is -0.122. The molecule has 1 amide bonds. The molecular weight excluding hydrogens is 240 g/mol. The lowest BCUT2D eigenvalue weighted by atomic mass is 10.1. The molecule has 0 bridgehead atoms. The quantitative estimate of drug-likeness (QED) is 0.747. The van der Waals surface area contributed by atoms with Crippen LogP contribution in [0.1, 0.15) is 25.3 Å². The van der Waals surface area contributed by atoms with Crippen molar-refractivity contribution >= 4 is 5.91 Å². The maximum atomic E-state index is 11.8. The predicted octanol–water partition coefficient (Wildman–Crippen LogP) is 1.49. The van der Waals surface area contributed by atoms with Gasteiger partial charge in [0.15, 0.2) is 0 Å². The molecule has 1 aromatic carbocycles. The largest absolute Gasteiger partial charge is 0.382 e. The number of hydrogen-bond acceptors (Lipinski definition) is 3. The fraction of sp³-hybridized carbons (Fsp3) is 0.533. The third-order valence-electron chi connectivity index (χ3n) is 3.15. The van der Waals surface area contributed by atoms with Crippen LogP contribution in [0.3, 0.4) is 0 Å². The molecule has 2 unspecified atom stereocenters. The molecule has 4 nitrogen and oxygen atoms in total. The first-order valence-electron chi connectivity index (χ1n) is 6.71. The molecule has 1 aromatic rings. The number of methoxy groups -OCH3 is 1. The van der Waals surface area contributed by atoms with Gasteiger partial charge in [0.05, 0.1) is 6.10 Å². The average Bonchev–Trinajstić information content (AvgIpc) is 2.45. The highest BCUT2D eigenvalue weighted by Gasteiger charge is 2.12. The molecule has 0 aliphatic rings. The molecular formula is C15H24N2O2. The molecule has 0 aliphatic heterocycles. The first kappa shape index (κ1) is 15.7. The Labute approximate surface area is 115 Å². The zero-order chi connectivity index (χ0) is 14.1. The lowest BCUT2D eigenvalue weighted by Gasteiger charge is -2.17. The number of carbonyl (C=O) groups is 1. The molecule has 0 heterocycles. The van der Waals surface area contributed by atoms with E-state index in [1.165, 1.54) is 5.56 Å². The van der Waals surface area contributed by atoms with E-state index in [0.29, 0.717) is 13.0 Å². The van der Waals surface area contributed by atoms with Gasteiger partial charge in [0, 0.05) is 26.1 Å². The molecule has 0 saturated carbocycles. The third-order valence-corrected chi connectivity index (χ3v) is 3.15. The van der Waals surface area contributed by atoms with Crippen LogP contribution < -0.4 is 11.1 Å². The van der Waals surface area contributed by atoms with E-state index >= 15 is 0 Å². The summed E-state index contributed by atoms with van der Waals surface area (Å²) in [5.74, 6) is 0.0373. The minimum Gasteiger partial charge on any atom is -0.382 e. The molecule has 0 saturated heterocycles. The molecule has 0 fully saturated rings. The van der Waals surface area contributed by atoms with Gasteiger partial charge in [-0.3, -0.25) is 4.79 Å². The summed E-state index contributed by atoms with van der Waals surface area (Å²) in [6, 6.07) is 10.0. The van der Waals surface area contributed by atoms with E-state index in [1.54, 1.807) is 7.11 Å². The second-order valence-electron chi connectivity index (χ2n) is 4.77. The maximum Gasteiger partial charge on any atom is 0.220 e. The van der Waals surface area contributed by atoms with Crippen molar-refractivity contribution in [2.75, 3.05) is 13.7 Å². The molecule has 19 heavy (non-hydrogen) atoms. The van der Waals surface area contributed by atoms with E-state index in [1.807, 2.05) is 37.3 Å². The summed E-state index contributed by atoms with van der Waals surface area (Å²) in [5.41, 5.74) is 6.90. The van der Waals surface area contributed by atoms with Crippen molar-refractivity contribution in [3.05, 3.63) is 35.9 Å². The van der Waals surface area contributed by atoms with Crippen LogP contribution in [0, 0.1) is 0 Å². The zero-order valence-electron chi connectivity index (χ0n) is 11.8. The number of amides is 1. The van der Waals surface area contributed by atoms with Crippen LogP contribution in [-0.2, 0) is 16.0 Å². The standard InChI is InChI=1S/C15H24N2O2/c1-12(19-2)8-9-15(18)17-14(11-16)10-13-6-4-3-5-7-13/h3-7,12,14H,8-11,16H2,1-2H3,(H,17,18). The highest BCUT2D eigenvalue weighted by atomic mass is 16.5. The van der Waals surface area contributed by atoms with Gasteiger partial charge in [0.2, 0.25) is 5.91 Å². The topological polar surface area (TPSA) is 64.3 Å². The Kier molecular flexibility index (Phi) is 7.15. The molecule has 0 radical (unpaired) electrons. The highest BCUT2D eigenvalue weighted by molar-refractivity contribution is 5.76. The number of carbonyl (C=O) groups excluding carboxylic acids is 1. The minimum absolute atomic E-state index is 0.00671. The second-order valence-corrected chi connectivity index (χ2v) is 4.77. The van der Waals surface area contributed by atoms with Crippen molar-refractivity contribution < 1.29 is 9.53 Å².